The predicted octanol–water partition coefficient (Wildman–Crippen LogP) is 4.93. The maximum atomic E-state index is 12.9. The fourth-order valence-electron chi connectivity index (χ4n) is 3.26. The third-order valence-corrected chi connectivity index (χ3v) is 4.55. The number of carbonyl (C=O) groups excluding carboxylic acids is 1. The molecule has 0 unspecified atom stereocenters. The number of ketones is 1. The van der Waals surface area contributed by atoms with Gasteiger partial charge in [-0.2, -0.15) is 0 Å². The molecule has 0 spiro atoms. The smallest absolute Gasteiger partial charge is 0.196 e. The molecule has 2 aromatic rings. The van der Waals surface area contributed by atoms with E-state index in [9.17, 15) is 4.79 Å². The molecule has 1 aliphatic rings. The summed E-state index contributed by atoms with van der Waals surface area (Å²) in [5.41, 5.74) is 3.98. The first-order valence-corrected chi connectivity index (χ1v) is 9.25. The Kier molecular flexibility index (Phi) is 6.00. The summed E-state index contributed by atoms with van der Waals surface area (Å²) in [5.74, 6) is 0.155. The largest absolute Gasteiger partial charge is 0.321 e. The molecule has 27 heavy (non-hydrogen) atoms. The van der Waals surface area contributed by atoms with Gasteiger partial charge in [-0.15, -0.1) is 0 Å². The van der Waals surface area contributed by atoms with E-state index in [-0.39, 0.29) is 5.78 Å². The Balaban J connectivity index is 1.78. The zero-order valence-electron chi connectivity index (χ0n) is 16.0. The second kappa shape index (κ2) is 8.61. The molecule has 0 aliphatic carbocycles. The first-order valence-electron chi connectivity index (χ1n) is 9.25. The van der Waals surface area contributed by atoms with E-state index in [1.54, 1.807) is 0 Å². The number of Topliss-reactive ketones (excluding diaryl/α,β-unsaturated/α-hetero) is 1. The van der Waals surface area contributed by atoms with Crippen molar-refractivity contribution in [2.24, 2.45) is 0 Å². The van der Waals surface area contributed by atoms with Crippen LogP contribution in [-0.4, -0.2) is 37.5 Å². The molecule has 1 heterocycles. The molecule has 136 valence electrons. The Bertz CT molecular complexity index is 826. The van der Waals surface area contributed by atoms with Crippen molar-refractivity contribution in [3.05, 3.63) is 107 Å². The van der Waals surface area contributed by atoms with Crippen LogP contribution in [0.15, 0.2) is 96.1 Å². The Morgan fingerprint density at radius 1 is 0.704 bits per heavy atom. The van der Waals surface area contributed by atoms with Gasteiger partial charge in [0.05, 0.1) is 25.2 Å². The molecule has 1 saturated heterocycles. The first kappa shape index (κ1) is 18.8. The quantitative estimate of drug-likeness (QED) is 0.561. The van der Waals surface area contributed by atoms with Crippen molar-refractivity contribution in [1.29, 1.82) is 0 Å². The molecule has 3 rings (SSSR count). The number of benzene rings is 2. The van der Waals surface area contributed by atoms with Crippen LogP contribution in [0.25, 0.3) is 12.2 Å². The van der Waals surface area contributed by atoms with Crippen LogP contribution in [0.1, 0.15) is 11.1 Å². The highest BCUT2D eigenvalue weighted by atomic mass is 16.1. The van der Waals surface area contributed by atoms with Gasteiger partial charge >= 0.3 is 0 Å². The van der Waals surface area contributed by atoms with Crippen LogP contribution in [0, 0.1) is 0 Å². The van der Waals surface area contributed by atoms with E-state index < -0.39 is 0 Å². The monoisotopic (exact) mass is 356 g/mol. The second-order valence-electron chi connectivity index (χ2n) is 7.50. The Hall–Kier alpha value is -2.97. The second-order valence-corrected chi connectivity index (χ2v) is 7.50. The van der Waals surface area contributed by atoms with Crippen molar-refractivity contribution in [2.75, 3.05) is 27.2 Å². The number of likely N-dealkylation sites (tertiary alicyclic amines) is 1. The molecule has 2 nitrogen and oxygen atoms in total. The highest BCUT2D eigenvalue weighted by molar-refractivity contribution is 6.09. The summed E-state index contributed by atoms with van der Waals surface area (Å²) in [6.07, 6.45) is 11.9. The molecule has 0 amide bonds. The lowest BCUT2D eigenvalue weighted by Crippen LogP contribution is -2.48. The lowest BCUT2D eigenvalue weighted by Gasteiger charge is -2.35. The lowest BCUT2D eigenvalue weighted by molar-refractivity contribution is -0.881. The SMILES string of the molecule is C[N+]1(C)C/C(=C/C=C\c2ccccc2)C(=O)/C(=C/C=C\c2ccccc2)C1. The van der Waals surface area contributed by atoms with Gasteiger partial charge in [0.25, 0.3) is 0 Å². The number of allylic oxidation sites excluding steroid dienone is 4. The fourth-order valence-corrected chi connectivity index (χ4v) is 3.26. The summed E-state index contributed by atoms with van der Waals surface area (Å²) < 4.78 is 0.780. The van der Waals surface area contributed by atoms with Gasteiger partial charge < -0.3 is 4.48 Å². The van der Waals surface area contributed by atoms with Crippen molar-refractivity contribution in [3.8, 4) is 0 Å². The topological polar surface area (TPSA) is 17.1 Å². The number of hydrogen-bond donors (Lipinski definition) is 0. The Morgan fingerprint density at radius 3 is 1.52 bits per heavy atom. The van der Waals surface area contributed by atoms with Crippen molar-refractivity contribution >= 4 is 17.9 Å². The molecule has 0 N–H and O–H groups in total. The normalized spacial score (nSPS) is 20.1. The molecule has 2 aromatic carbocycles. The summed E-state index contributed by atoms with van der Waals surface area (Å²) >= 11 is 0. The minimum atomic E-state index is 0.155. The number of likely N-dealkylation sites (N-methyl/N-ethyl adjacent to an activating group) is 1. The average molecular weight is 356 g/mol. The third kappa shape index (κ3) is 5.50. The zero-order valence-corrected chi connectivity index (χ0v) is 16.0. The first-order chi connectivity index (χ1) is 13.0. The Labute approximate surface area is 162 Å². The molecular weight excluding hydrogens is 330 g/mol. The van der Waals surface area contributed by atoms with Crippen molar-refractivity contribution in [1.82, 2.24) is 0 Å². The highest BCUT2D eigenvalue weighted by Crippen LogP contribution is 2.21. The molecular formula is C25H26NO+. The van der Waals surface area contributed by atoms with E-state index in [1.807, 2.05) is 72.9 Å². The zero-order chi connectivity index (χ0) is 19.1. The minimum absolute atomic E-state index is 0.155. The van der Waals surface area contributed by atoms with Gasteiger partial charge in [0.15, 0.2) is 5.78 Å². The number of piperidine rings is 1. The Morgan fingerprint density at radius 2 is 1.11 bits per heavy atom. The highest BCUT2D eigenvalue weighted by Gasteiger charge is 2.32. The molecule has 0 radical (unpaired) electrons. The van der Waals surface area contributed by atoms with E-state index in [2.05, 4.69) is 38.4 Å². The lowest BCUT2D eigenvalue weighted by atomic mass is 9.95. The van der Waals surface area contributed by atoms with Crippen molar-refractivity contribution < 1.29 is 9.28 Å². The van der Waals surface area contributed by atoms with Gasteiger partial charge in [0.1, 0.15) is 13.1 Å². The van der Waals surface area contributed by atoms with Crippen LogP contribution in [-0.2, 0) is 4.79 Å². The summed E-state index contributed by atoms with van der Waals surface area (Å²) in [6.45, 7) is 1.50. The van der Waals surface area contributed by atoms with Gasteiger partial charge in [0, 0.05) is 0 Å². The van der Waals surface area contributed by atoms with Crippen molar-refractivity contribution in [3.63, 3.8) is 0 Å². The molecule has 2 heteroatoms. The van der Waals surface area contributed by atoms with E-state index in [0.717, 1.165) is 39.8 Å². The summed E-state index contributed by atoms with van der Waals surface area (Å²) in [4.78, 5) is 12.9. The number of hydrogen-bond acceptors (Lipinski definition) is 1. The third-order valence-electron chi connectivity index (χ3n) is 4.55. The maximum absolute atomic E-state index is 12.9. The predicted molar refractivity (Wildman–Crippen MR) is 114 cm³/mol. The van der Waals surface area contributed by atoms with Crippen LogP contribution >= 0.6 is 0 Å². The van der Waals surface area contributed by atoms with Crippen LogP contribution in [0.5, 0.6) is 0 Å². The van der Waals surface area contributed by atoms with E-state index in [1.165, 1.54) is 0 Å². The molecule has 0 atom stereocenters. The maximum Gasteiger partial charge on any atom is 0.196 e. The van der Waals surface area contributed by atoms with Gasteiger partial charge in [-0.05, 0) is 23.3 Å². The fraction of sp³-hybridized carbons (Fsp3) is 0.160. The minimum Gasteiger partial charge on any atom is -0.321 e. The molecule has 0 saturated carbocycles. The molecule has 0 aromatic heterocycles. The van der Waals surface area contributed by atoms with Gasteiger partial charge in [-0.3, -0.25) is 4.79 Å². The average Bonchev–Trinajstić information content (AvgIpc) is 2.66. The summed E-state index contributed by atoms with van der Waals surface area (Å²) in [7, 11) is 4.33. The van der Waals surface area contributed by atoms with Gasteiger partial charge in [-0.25, -0.2) is 0 Å². The number of quaternary nitrogens is 1. The number of nitrogens with zero attached hydrogens (tertiary/aromatic N) is 1. The molecule has 1 fully saturated rings. The number of carbonyl (C=O) groups is 1. The van der Waals surface area contributed by atoms with E-state index >= 15 is 0 Å². The molecule has 1 aliphatic heterocycles. The van der Waals surface area contributed by atoms with Crippen molar-refractivity contribution in [2.45, 2.75) is 0 Å². The van der Waals surface area contributed by atoms with Gasteiger partial charge in [-0.1, -0.05) is 85.0 Å². The van der Waals surface area contributed by atoms with Crippen LogP contribution in [0.2, 0.25) is 0 Å². The van der Waals surface area contributed by atoms with Crippen LogP contribution < -0.4 is 0 Å². The standard InChI is InChI=1S/C25H26NO/c1-26(2)19-23(17-9-15-21-11-5-3-6-12-21)25(27)24(20-26)18-10-16-22-13-7-4-8-14-22/h3-18H,19-20H2,1-2H3/q+1/b15-9-,16-10-,23-17-,24-18+. The molecule has 0 bridgehead atoms. The summed E-state index contributed by atoms with van der Waals surface area (Å²) in [6, 6.07) is 20.3. The van der Waals surface area contributed by atoms with Crippen LogP contribution in [0.3, 0.4) is 0 Å². The number of rotatable bonds is 4. The van der Waals surface area contributed by atoms with Gasteiger partial charge in [0.2, 0.25) is 0 Å². The van der Waals surface area contributed by atoms with Crippen LogP contribution in [0.4, 0.5) is 0 Å². The van der Waals surface area contributed by atoms with E-state index in [0.29, 0.717) is 0 Å². The van der Waals surface area contributed by atoms with E-state index in [4.69, 9.17) is 0 Å². The summed E-state index contributed by atoms with van der Waals surface area (Å²) in [5, 5.41) is 0.